The number of hydrogen-bond acceptors (Lipinski definition) is 1. The summed E-state index contributed by atoms with van der Waals surface area (Å²) in [6, 6.07) is 0. The van der Waals surface area contributed by atoms with Crippen molar-refractivity contribution in [3.05, 3.63) is 22.0 Å². The van der Waals surface area contributed by atoms with Crippen molar-refractivity contribution in [1.82, 2.24) is 0 Å². The molecule has 0 atom stereocenters. The molecule has 0 aliphatic carbocycles. The van der Waals surface area contributed by atoms with Gasteiger partial charge in [-0.05, 0) is 0 Å². The number of aliphatic imine (C=N–C) groups is 1. The van der Waals surface area contributed by atoms with Crippen LogP contribution < -0.4 is 0 Å². The van der Waals surface area contributed by atoms with Crippen LogP contribution in [0, 0.1) is 0 Å². The van der Waals surface area contributed by atoms with Crippen LogP contribution in [0.15, 0.2) is 27.0 Å². The first-order chi connectivity index (χ1) is 4.83. The molecular formula is C7H6BiNO. The van der Waals surface area contributed by atoms with E-state index in [4.69, 9.17) is 0 Å². The fourth-order valence-corrected chi connectivity index (χ4v) is 2.34. The Balaban J connectivity index is 2.43. The van der Waals surface area contributed by atoms with Crippen LogP contribution in [0.4, 0.5) is 0 Å². The van der Waals surface area contributed by atoms with Gasteiger partial charge < -0.3 is 0 Å². The first kappa shape index (κ1) is 7.68. The maximum absolute atomic E-state index is 10.5. The standard InChI is InChI=1S/C7H6NO.Bi/c1-3-4-5-6-7(9)8-2;/h1,3,5-6H,2H2;. The first-order valence-corrected chi connectivity index (χ1v) is 6.50. The van der Waals surface area contributed by atoms with E-state index in [9.17, 15) is 4.79 Å². The molecule has 1 aliphatic heterocycles. The quantitative estimate of drug-likeness (QED) is 0.404. The Kier molecular flexibility index (Phi) is 2.82. The van der Waals surface area contributed by atoms with Gasteiger partial charge in [0.2, 0.25) is 0 Å². The second-order valence-corrected chi connectivity index (χ2v) is 5.87. The maximum atomic E-state index is 10.5. The molecule has 0 radical (unpaired) electrons. The van der Waals surface area contributed by atoms with E-state index in [0.29, 0.717) is 0 Å². The van der Waals surface area contributed by atoms with Gasteiger partial charge in [0, 0.05) is 0 Å². The molecule has 1 rings (SSSR count). The Hall–Kier alpha value is -0.427. The van der Waals surface area contributed by atoms with Crippen LogP contribution in [0.3, 0.4) is 0 Å². The van der Waals surface area contributed by atoms with Gasteiger partial charge in [0.05, 0.1) is 0 Å². The second kappa shape index (κ2) is 3.67. The molecular weight excluding hydrogens is 323 g/mol. The predicted octanol–water partition coefficient (Wildman–Crippen LogP) is 0.174. The Bertz CT molecular complexity index is 244. The number of carbonyl (C=O) groups is 1. The molecule has 0 aromatic carbocycles. The summed E-state index contributed by atoms with van der Waals surface area (Å²) in [4.78, 5) is 13.7. The molecule has 0 saturated heterocycles. The molecule has 50 valence electrons. The van der Waals surface area contributed by atoms with Crippen LogP contribution in [-0.4, -0.2) is 38.6 Å². The van der Waals surface area contributed by atoms with Crippen LogP contribution in [0.25, 0.3) is 0 Å². The van der Waals surface area contributed by atoms with Gasteiger partial charge in [-0.15, -0.1) is 0 Å². The fraction of sp³-hybridized carbons (Fsp3) is 0. The topological polar surface area (TPSA) is 29.4 Å². The number of allylic oxidation sites excluding steroid dienone is 2. The molecule has 0 N–H and O–H groups in total. The third-order valence-corrected chi connectivity index (χ3v) is 4.50. The van der Waals surface area contributed by atoms with E-state index in [1.54, 1.807) is 0 Å². The summed E-state index contributed by atoms with van der Waals surface area (Å²) < 4.78 is 3.56. The Morgan fingerprint density at radius 3 is 2.90 bits per heavy atom. The van der Waals surface area contributed by atoms with Gasteiger partial charge in [0.25, 0.3) is 0 Å². The molecule has 0 fully saturated rings. The molecule has 1 aliphatic rings. The van der Waals surface area contributed by atoms with Crippen molar-refractivity contribution >= 4 is 38.6 Å². The molecule has 0 unspecified atom stereocenters. The number of hydrogen-bond donors (Lipinski definition) is 0. The summed E-state index contributed by atoms with van der Waals surface area (Å²) in [6.45, 7) is 3.12. The average molecular weight is 329 g/mol. The molecule has 1 heterocycles. The number of rotatable bonds is 2. The fourth-order valence-electron chi connectivity index (χ4n) is 0.469. The molecule has 0 saturated carbocycles. The summed E-state index contributed by atoms with van der Waals surface area (Å²) in [5.74, 6) is -0.256. The van der Waals surface area contributed by atoms with E-state index in [2.05, 4.69) is 15.5 Å². The van der Waals surface area contributed by atoms with Crippen molar-refractivity contribution in [3.8, 4) is 0 Å². The molecule has 0 spiro atoms. The van der Waals surface area contributed by atoms with Crippen molar-refractivity contribution in [3.63, 3.8) is 0 Å². The third-order valence-electron chi connectivity index (χ3n) is 1.02. The molecule has 3 heteroatoms. The third kappa shape index (κ3) is 2.07. The van der Waals surface area contributed by atoms with Gasteiger partial charge >= 0.3 is 70.4 Å². The van der Waals surface area contributed by atoms with Crippen molar-refractivity contribution in [2.24, 2.45) is 4.99 Å². The minimum absolute atomic E-state index is 0.256. The SMILES string of the molecule is C=NC(=O)C=C[C]1=[Bi][CH]=C1. The molecule has 0 bridgehead atoms. The van der Waals surface area contributed by atoms with Gasteiger partial charge in [-0.1, -0.05) is 0 Å². The Labute approximate surface area is 70.4 Å². The van der Waals surface area contributed by atoms with Crippen LogP contribution in [0.1, 0.15) is 0 Å². The Morgan fingerprint density at radius 2 is 2.50 bits per heavy atom. The van der Waals surface area contributed by atoms with E-state index in [-0.39, 0.29) is 5.91 Å². The van der Waals surface area contributed by atoms with E-state index in [1.807, 2.05) is 12.2 Å². The monoisotopic (exact) mass is 329 g/mol. The van der Waals surface area contributed by atoms with Crippen LogP contribution in [0.5, 0.6) is 0 Å². The molecule has 1 amide bonds. The van der Waals surface area contributed by atoms with Crippen molar-refractivity contribution in [2.75, 3.05) is 0 Å². The van der Waals surface area contributed by atoms with Crippen molar-refractivity contribution in [1.29, 1.82) is 0 Å². The van der Waals surface area contributed by atoms with Gasteiger partial charge in [0.15, 0.2) is 0 Å². The number of amides is 1. The zero-order chi connectivity index (χ0) is 7.40. The van der Waals surface area contributed by atoms with E-state index in [1.165, 1.54) is 9.28 Å². The molecule has 0 aromatic rings. The normalized spacial score (nSPS) is 14.6. The van der Waals surface area contributed by atoms with Crippen LogP contribution in [-0.2, 0) is 4.79 Å². The summed E-state index contributed by atoms with van der Waals surface area (Å²) in [5.41, 5.74) is 0. The van der Waals surface area contributed by atoms with Gasteiger partial charge in [-0.2, -0.15) is 0 Å². The second-order valence-electron chi connectivity index (χ2n) is 1.70. The van der Waals surface area contributed by atoms with Gasteiger partial charge in [-0.25, -0.2) is 0 Å². The van der Waals surface area contributed by atoms with Gasteiger partial charge in [0.1, 0.15) is 0 Å². The van der Waals surface area contributed by atoms with E-state index < -0.39 is 22.8 Å². The first-order valence-electron chi connectivity index (χ1n) is 2.76. The van der Waals surface area contributed by atoms with Crippen LogP contribution >= 0.6 is 0 Å². The van der Waals surface area contributed by atoms with Crippen molar-refractivity contribution in [2.45, 2.75) is 0 Å². The zero-order valence-corrected chi connectivity index (χ0v) is 8.80. The summed E-state index contributed by atoms with van der Waals surface area (Å²) in [6.07, 6.45) is 5.35. The predicted molar refractivity (Wildman–Crippen MR) is 43.6 cm³/mol. The Morgan fingerprint density at radius 1 is 1.80 bits per heavy atom. The average Bonchev–Trinajstić information content (AvgIpc) is 1.84. The van der Waals surface area contributed by atoms with Gasteiger partial charge in [-0.3, -0.25) is 0 Å². The van der Waals surface area contributed by atoms with E-state index in [0.717, 1.165) is 0 Å². The minimum atomic E-state index is -0.413. The molecule has 2 nitrogen and oxygen atoms in total. The molecule has 0 aromatic heterocycles. The summed E-state index contributed by atoms with van der Waals surface area (Å²) in [7, 11) is 0. The number of nitrogens with zero attached hydrogens (tertiary/aromatic N) is 1. The molecule has 10 heavy (non-hydrogen) atoms. The van der Waals surface area contributed by atoms with Crippen LogP contribution in [0.2, 0.25) is 0 Å². The summed E-state index contributed by atoms with van der Waals surface area (Å²) >= 11 is -0.413. The van der Waals surface area contributed by atoms with E-state index >= 15 is 0 Å². The summed E-state index contributed by atoms with van der Waals surface area (Å²) in [5, 5.41) is 0. The zero-order valence-electron chi connectivity index (χ0n) is 5.32. The number of carbonyl (C=O) groups excluding carboxylic acids is 1. The van der Waals surface area contributed by atoms with Crippen molar-refractivity contribution < 1.29 is 4.79 Å².